The number of carbonyl (C=O) groups is 2. The molecule has 1 N–H and O–H groups in total. The zero-order valence-corrected chi connectivity index (χ0v) is 28.1. The summed E-state index contributed by atoms with van der Waals surface area (Å²) in [6, 6.07) is 16.4. The molecule has 1 atom stereocenters. The minimum atomic E-state index is -0.942. The van der Waals surface area contributed by atoms with Crippen LogP contribution in [0.2, 0.25) is 0 Å². The lowest BCUT2D eigenvalue weighted by Crippen LogP contribution is -2.20. The fourth-order valence-electron chi connectivity index (χ4n) is 6.71. The summed E-state index contributed by atoms with van der Waals surface area (Å²) in [4.78, 5) is 26.6. The first-order valence-corrected chi connectivity index (χ1v) is 16.3. The Bertz CT molecular complexity index is 1800. The number of halogens is 1. The maximum absolute atomic E-state index is 12.9. The molecule has 4 aromatic rings. The number of aliphatic carboxylic acids is 1. The lowest BCUT2D eigenvalue weighted by molar-refractivity contribution is -0.137. The number of nitrogens with zero attached hydrogens (tertiary/aromatic N) is 4. The monoisotopic (exact) mass is 642 g/mol. The molecule has 0 saturated carbocycles. The van der Waals surface area contributed by atoms with Gasteiger partial charge in [-0.3, -0.25) is 14.3 Å². The van der Waals surface area contributed by atoms with Crippen LogP contribution in [-0.4, -0.2) is 58.0 Å². The van der Waals surface area contributed by atoms with Crippen LogP contribution in [0.5, 0.6) is 0 Å². The van der Waals surface area contributed by atoms with Gasteiger partial charge in [-0.1, -0.05) is 59.6 Å². The van der Waals surface area contributed by atoms with Crippen molar-refractivity contribution in [2.45, 2.75) is 72.6 Å². The van der Waals surface area contributed by atoms with Crippen molar-refractivity contribution in [1.82, 2.24) is 14.3 Å². The highest BCUT2D eigenvalue weighted by molar-refractivity contribution is 6.32. The second kappa shape index (κ2) is 14.5. The number of anilines is 1. The molecule has 0 saturated heterocycles. The largest absolute Gasteiger partial charge is 0.480 e. The summed E-state index contributed by atoms with van der Waals surface area (Å²) >= 11 is 6.39. The van der Waals surface area contributed by atoms with E-state index in [1.54, 1.807) is 4.68 Å². The molecule has 1 aliphatic rings. The molecule has 0 spiro atoms. The van der Waals surface area contributed by atoms with Crippen LogP contribution in [0.4, 0.5) is 5.69 Å². The highest BCUT2D eigenvalue weighted by Crippen LogP contribution is 2.38. The fourth-order valence-corrected chi connectivity index (χ4v) is 6.85. The van der Waals surface area contributed by atoms with Gasteiger partial charge in [0.05, 0.1) is 23.0 Å². The average molecular weight is 643 g/mol. The first-order chi connectivity index (χ1) is 22.1. The van der Waals surface area contributed by atoms with Crippen molar-refractivity contribution in [3.05, 3.63) is 93.4 Å². The lowest BCUT2D eigenvalue weighted by Gasteiger charge is -2.21. The number of aryl methyl sites for hydroxylation is 3. The molecule has 0 amide bonds. The normalized spacial score (nSPS) is 15.0. The second-order valence-corrected chi connectivity index (χ2v) is 12.6. The van der Waals surface area contributed by atoms with Gasteiger partial charge >= 0.3 is 5.97 Å². The summed E-state index contributed by atoms with van der Waals surface area (Å²) in [6.45, 7) is 9.68. The number of carbonyl (C=O) groups excluding carboxylic acids is 1. The van der Waals surface area contributed by atoms with Crippen LogP contribution in [0.15, 0.2) is 70.8 Å². The van der Waals surface area contributed by atoms with E-state index >= 15 is 0 Å². The number of carboxylic acid groups (broad SMARTS) is 1. The third-order valence-corrected chi connectivity index (χ3v) is 9.54. The van der Waals surface area contributed by atoms with E-state index in [-0.39, 0.29) is 12.6 Å². The van der Waals surface area contributed by atoms with Crippen molar-refractivity contribution in [3.63, 3.8) is 0 Å². The highest BCUT2D eigenvalue weighted by atomic mass is 35.5. The lowest BCUT2D eigenvalue weighted by atomic mass is 9.98. The Hall–Kier alpha value is -4.14. The quantitative estimate of drug-likeness (QED) is 0.112. The van der Waals surface area contributed by atoms with E-state index < -0.39 is 5.97 Å². The van der Waals surface area contributed by atoms with Crippen molar-refractivity contribution in [1.29, 1.82) is 0 Å². The van der Waals surface area contributed by atoms with Crippen LogP contribution in [0.1, 0.15) is 60.5 Å². The molecule has 0 bridgehead atoms. The van der Waals surface area contributed by atoms with E-state index in [0.29, 0.717) is 25.3 Å². The molecule has 242 valence electrons. The Morgan fingerprint density at radius 1 is 1.11 bits per heavy atom. The van der Waals surface area contributed by atoms with Gasteiger partial charge in [0.15, 0.2) is 6.29 Å². The summed E-state index contributed by atoms with van der Waals surface area (Å²) in [6.07, 6.45) is 6.12. The predicted octanol–water partition coefficient (Wildman–Crippen LogP) is 7.73. The van der Waals surface area contributed by atoms with Crippen LogP contribution < -0.4 is 4.90 Å². The molecule has 1 unspecified atom stereocenters. The third-order valence-electron chi connectivity index (χ3n) is 8.92. The van der Waals surface area contributed by atoms with Crippen LogP contribution in [0.25, 0.3) is 22.0 Å². The molecular weight excluding hydrogens is 600 g/mol. The summed E-state index contributed by atoms with van der Waals surface area (Å²) in [7, 11) is 2.08. The molecular formula is C37H43ClN4O4. The van der Waals surface area contributed by atoms with Gasteiger partial charge in [0.1, 0.15) is 6.54 Å². The predicted molar refractivity (Wildman–Crippen MR) is 185 cm³/mol. The number of allylic oxidation sites excluding steroid dienone is 2. The Balaban J connectivity index is 1.48. The van der Waals surface area contributed by atoms with E-state index in [9.17, 15) is 14.7 Å². The maximum atomic E-state index is 12.9. The zero-order chi connectivity index (χ0) is 33.0. The van der Waals surface area contributed by atoms with Crippen molar-refractivity contribution >= 4 is 40.4 Å². The first kappa shape index (κ1) is 33.2. The van der Waals surface area contributed by atoms with Crippen LogP contribution >= 0.6 is 11.6 Å². The summed E-state index contributed by atoms with van der Waals surface area (Å²) in [5.41, 5.74) is 9.39. The highest BCUT2D eigenvalue weighted by Gasteiger charge is 2.24. The van der Waals surface area contributed by atoms with Gasteiger partial charge in [-0.15, -0.1) is 0 Å². The van der Waals surface area contributed by atoms with Crippen LogP contribution in [0.3, 0.4) is 0 Å². The van der Waals surface area contributed by atoms with Gasteiger partial charge in [-0.25, -0.2) is 0 Å². The minimum absolute atomic E-state index is 0.00381. The van der Waals surface area contributed by atoms with Gasteiger partial charge in [-0.2, -0.15) is 5.10 Å². The Morgan fingerprint density at radius 3 is 2.57 bits per heavy atom. The molecule has 46 heavy (non-hydrogen) atoms. The molecule has 0 fully saturated rings. The number of rotatable bonds is 14. The molecule has 0 radical (unpaired) electrons. The number of benzene rings is 2. The summed E-state index contributed by atoms with van der Waals surface area (Å²) in [5, 5.41) is 15.9. The number of aldehydes is 1. The Morgan fingerprint density at radius 2 is 1.87 bits per heavy atom. The summed E-state index contributed by atoms with van der Waals surface area (Å²) in [5.74, 6) is -0.942. The second-order valence-electron chi connectivity index (χ2n) is 12.2. The molecule has 2 aromatic heterocycles. The van der Waals surface area contributed by atoms with Gasteiger partial charge in [-0.05, 0) is 76.6 Å². The number of aromatic nitrogens is 3. The smallest absolute Gasteiger partial charge is 0.325 e. The van der Waals surface area contributed by atoms with Crippen molar-refractivity contribution in [2.75, 3.05) is 25.1 Å². The van der Waals surface area contributed by atoms with E-state index in [2.05, 4.69) is 52.0 Å². The minimum Gasteiger partial charge on any atom is -0.480 e. The zero-order valence-electron chi connectivity index (χ0n) is 27.3. The van der Waals surface area contributed by atoms with Crippen molar-refractivity contribution in [3.8, 4) is 11.1 Å². The third kappa shape index (κ3) is 6.98. The van der Waals surface area contributed by atoms with Gasteiger partial charge < -0.3 is 19.3 Å². The Labute approximate surface area is 275 Å². The number of fused-ring (bicyclic) bond motifs is 1. The molecule has 2 heterocycles. The SMILES string of the molecule is CC1=CC(OCCCc2c(C=O)n(CCCN(C)c3ccccc3)c3c(-c4c(C)nn(CC(=O)O)c4C)cccc23)CC(C)=C1Cl. The van der Waals surface area contributed by atoms with Crippen LogP contribution in [-0.2, 0) is 29.0 Å². The van der Waals surface area contributed by atoms with Gasteiger partial charge in [0.2, 0.25) is 0 Å². The number of hydrogen-bond acceptors (Lipinski definition) is 5. The fraction of sp³-hybridized carbons (Fsp3) is 0.378. The molecule has 0 aliphatic heterocycles. The number of hydrogen-bond donors (Lipinski definition) is 1. The maximum Gasteiger partial charge on any atom is 0.325 e. The number of para-hydroxylation sites is 2. The van der Waals surface area contributed by atoms with Gasteiger partial charge in [0, 0.05) is 59.7 Å². The first-order valence-electron chi connectivity index (χ1n) is 15.9. The molecule has 2 aromatic carbocycles. The number of ether oxygens (including phenoxy) is 1. The van der Waals surface area contributed by atoms with E-state index in [4.69, 9.17) is 16.3 Å². The van der Waals surface area contributed by atoms with Crippen molar-refractivity contribution < 1.29 is 19.4 Å². The standard InChI is InChI=1S/C37H43ClN4O4/c1-24-20-29(21-25(2)36(24)38)46-19-10-16-30-31-14-9-15-32(35-26(3)39-42(27(35)4)22-34(44)45)37(31)41(33(30)23-43)18-11-17-40(5)28-12-7-6-8-13-28/h6-9,12-15,20,23,29H,10-11,16-19,21-22H2,1-5H3,(H,44,45). The van der Waals surface area contributed by atoms with Crippen LogP contribution in [0, 0.1) is 13.8 Å². The van der Waals surface area contributed by atoms with E-state index in [1.165, 1.54) is 0 Å². The molecule has 5 rings (SSSR count). The molecule has 8 nitrogen and oxygen atoms in total. The van der Waals surface area contributed by atoms with E-state index in [0.717, 1.165) is 92.9 Å². The van der Waals surface area contributed by atoms with E-state index in [1.807, 2.05) is 52.0 Å². The summed E-state index contributed by atoms with van der Waals surface area (Å²) < 4.78 is 9.95. The number of carboxylic acids is 1. The van der Waals surface area contributed by atoms with Gasteiger partial charge in [0.25, 0.3) is 0 Å². The molecule has 9 heteroatoms. The molecule has 1 aliphatic carbocycles. The van der Waals surface area contributed by atoms with Crippen molar-refractivity contribution in [2.24, 2.45) is 0 Å². The topological polar surface area (TPSA) is 89.6 Å². The average Bonchev–Trinajstić information content (AvgIpc) is 3.49. The Kier molecular flexibility index (Phi) is 10.5.